The molecule has 2 heterocycles. The van der Waals surface area contributed by atoms with Crippen LogP contribution >= 0.6 is 27.3 Å². The molecule has 0 bridgehead atoms. The van der Waals surface area contributed by atoms with Gasteiger partial charge in [-0.05, 0) is 28.1 Å². The summed E-state index contributed by atoms with van der Waals surface area (Å²) >= 11 is 5.04. The first-order chi connectivity index (χ1) is 6.79. The number of nitrogens with two attached hydrogens (primary N) is 1. The molecule has 0 aliphatic heterocycles. The lowest BCUT2D eigenvalue weighted by molar-refractivity contribution is 0.496. The average molecular weight is 273 g/mol. The molecule has 0 saturated carbocycles. The van der Waals surface area contributed by atoms with Gasteiger partial charge in [-0.1, -0.05) is 0 Å². The number of nitrogens with zero attached hydrogens (tertiary/aromatic N) is 1. The maximum absolute atomic E-state index is 5.41. The van der Waals surface area contributed by atoms with Crippen molar-refractivity contribution in [2.75, 3.05) is 6.54 Å². The summed E-state index contributed by atoms with van der Waals surface area (Å²) in [7, 11) is 0. The normalized spacial score (nSPS) is 10.7. The monoisotopic (exact) mass is 272 g/mol. The van der Waals surface area contributed by atoms with Crippen LogP contribution < -0.4 is 5.73 Å². The molecule has 2 rings (SSSR count). The van der Waals surface area contributed by atoms with Crippen molar-refractivity contribution in [1.29, 1.82) is 0 Å². The third kappa shape index (κ3) is 2.05. The van der Waals surface area contributed by atoms with Gasteiger partial charge in [-0.2, -0.15) is 0 Å². The van der Waals surface area contributed by atoms with Crippen molar-refractivity contribution in [3.63, 3.8) is 0 Å². The second-order valence-corrected chi connectivity index (χ2v) is 5.23. The van der Waals surface area contributed by atoms with Crippen molar-refractivity contribution in [2.45, 2.75) is 6.42 Å². The molecule has 0 aromatic carbocycles. The molecule has 0 unspecified atom stereocenters. The molecule has 0 spiro atoms. The predicted octanol–water partition coefficient (Wildman–Crippen LogP) is 2.67. The number of rotatable bonds is 3. The zero-order valence-corrected chi connectivity index (χ0v) is 9.77. The van der Waals surface area contributed by atoms with Crippen molar-refractivity contribution in [3.8, 4) is 10.6 Å². The largest absolute Gasteiger partial charge is 0.448 e. The molecule has 14 heavy (non-hydrogen) atoms. The lowest BCUT2D eigenvalue weighted by atomic mass is 10.4. The Kier molecular flexibility index (Phi) is 3.00. The zero-order chi connectivity index (χ0) is 9.97. The van der Waals surface area contributed by atoms with Crippen LogP contribution in [0.2, 0.25) is 0 Å². The minimum atomic E-state index is 0.564. The maximum atomic E-state index is 5.41. The van der Waals surface area contributed by atoms with E-state index in [1.165, 1.54) is 0 Å². The number of oxazole rings is 1. The first-order valence-electron chi connectivity index (χ1n) is 4.20. The van der Waals surface area contributed by atoms with E-state index in [1.807, 2.05) is 12.1 Å². The lowest BCUT2D eigenvalue weighted by Crippen LogP contribution is -2.02. The first kappa shape index (κ1) is 9.89. The predicted molar refractivity (Wildman–Crippen MR) is 60.3 cm³/mol. The smallest absolute Gasteiger partial charge is 0.195 e. The van der Waals surface area contributed by atoms with Gasteiger partial charge in [-0.3, -0.25) is 0 Å². The van der Waals surface area contributed by atoms with E-state index < -0.39 is 0 Å². The fourth-order valence-electron chi connectivity index (χ4n) is 1.11. The highest BCUT2D eigenvalue weighted by Crippen LogP contribution is 2.30. The Hall–Kier alpha value is -0.650. The second kappa shape index (κ2) is 4.25. The highest BCUT2D eigenvalue weighted by atomic mass is 79.9. The van der Waals surface area contributed by atoms with Gasteiger partial charge in [0.1, 0.15) is 12.0 Å². The number of hydrogen-bond acceptors (Lipinski definition) is 4. The highest BCUT2D eigenvalue weighted by Gasteiger charge is 2.07. The van der Waals surface area contributed by atoms with Crippen LogP contribution in [0, 0.1) is 0 Å². The van der Waals surface area contributed by atoms with Crippen LogP contribution in [0.4, 0.5) is 0 Å². The molecular formula is C9H9BrN2OS. The Labute approximate surface area is 94.1 Å². The van der Waals surface area contributed by atoms with Gasteiger partial charge in [0.2, 0.25) is 0 Å². The Bertz CT molecular complexity index is 424. The van der Waals surface area contributed by atoms with E-state index in [2.05, 4.69) is 20.9 Å². The molecule has 0 atom stereocenters. The van der Waals surface area contributed by atoms with Crippen molar-refractivity contribution in [2.24, 2.45) is 5.73 Å². The number of thiophene rings is 1. The Morgan fingerprint density at radius 3 is 3.00 bits per heavy atom. The lowest BCUT2D eigenvalue weighted by Gasteiger charge is -1.87. The van der Waals surface area contributed by atoms with E-state index in [0.29, 0.717) is 18.9 Å². The van der Waals surface area contributed by atoms with Crippen molar-refractivity contribution >= 4 is 27.3 Å². The minimum absolute atomic E-state index is 0.564. The minimum Gasteiger partial charge on any atom is -0.448 e. The van der Waals surface area contributed by atoms with Crippen LogP contribution in [0.5, 0.6) is 0 Å². The fraction of sp³-hybridized carbons (Fsp3) is 0.222. The Balaban J connectivity index is 2.24. The maximum Gasteiger partial charge on any atom is 0.195 e. The van der Waals surface area contributed by atoms with E-state index in [1.54, 1.807) is 17.6 Å². The number of halogens is 1. The van der Waals surface area contributed by atoms with E-state index >= 15 is 0 Å². The fourth-order valence-corrected chi connectivity index (χ4v) is 2.45. The first-order valence-corrected chi connectivity index (χ1v) is 5.80. The molecule has 3 nitrogen and oxygen atoms in total. The quantitative estimate of drug-likeness (QED) is 0.935. The molecule has 0 amide bonds. The second-order valence-electron chi connectivity index (χ2n) is 2.77. The highest BCUT2D eigenvalue weighted by molar-refractivity contribution is 9.11. The zero-order valence-electron chi connectivity index (χ0n) is 7.37. The van der Waals surface area contributed by atoms with Gasteiger partial charge >= 0.3 is 0 Å². The standard InChI is InChI=1S/C9H9BrN2OS/c10-8-2-1-7(14-8)6-5-13-9(12-6)3-4-11/h1-2,5H,3-4,11H2. The van der Waals surface area contributed by atoms with Crippen LogP contribution in [0.3, 0.4) is 0 Å². The third-order valence-electron chi connectivity index (χ3n) is 1.74. The van der Waals surface area contributed by atoms with Gasteiger partial charge in [-0.25, -0.2) is 4.98 Å². The molecule has 2 N–H and O–H groups in total. The molecule has 2 aromatic rings. The third-order valence-corrected chi connectivity index (χ3v) is 3.38. The van der Waals surface area contributed by atoms with Crippen molar-refractivity contribution in [1.82, 2.24) is 4.98 Å². The summed E-state index contributed by atoms with van der Waals surface area (Å²) in [6, 6.07) is 4.01. The van der Waals surface area contributed by atoms with Crippen LogP contribution in [0.1, 0.15) is 5.89 Å². The molecule has 2 aromatic heterocycles. The molecule has 5 heteroatoms. The van der Waals surface area contributed by atoms with Gasteiger partial charge in [0, 0.05) is 13.0 Å². The van der Waals surface area contributed by atoms with Crippen molar-refractivity contribution in [3.05, 3.63) is 28.1 Å². The Morgan fingerprint density at radius 2 is 2.36 bits per heavy atom. The molecule has 0 fully saturated rings. The van der Waals surface area contributed by atoms with Gasteiger partial charge in [-0.15, -0.1) is 11.3 Å². The summed E-state index contributed by atoms with van der Waals surface area (Å²) in [5.74, 6) is 0.701. The van der Waals surface area contributed by atoms with Gasteiger partial charge < -0.3 is 10.2 Å². The van der Waals surface area contributed by atoms with Gasteiger partial charge in [0.05, 0.1) is 8.66 Å². The number of aromatic nitrogens is 1. The molecular weight excluding hydrogens is 264 g/mol. The van der Waals surface area contributed by atoms with E-state index in [4.69, 9.17) is 10.2 Å². The number of hydrogen-bond donors (Lipinski definition) is 1. The summed E-state index contributed by atoms with van der Waals surface area (Å²) in [5.41, 5.74) is 6.29. The van der Waals surface area contributed by atoms with Crippen LogP contribution in [0.25, 0.3) is 10.6 Å². The Morgan fingerprint density at radius 1 is 1.50 bits per heavy atom. The summed E-state index contributed by atoms with van der Waals surface area (Å²) in [5, 5.41) is 0. The molecule has 0 radical (unpaired) electrons. The molecule has 0 saturated heterocycles. The molecule has 0 aliphatic rings. The topological polar surface area (TPSA) is 52.0 Å². The van der Waals surface area contributed by atoms with Crippen LogP contribution in [-0.2, 0) is 6.42 Å². The van der Waals surface area contributed by atoms with E-state index in [-0.39, 0.29) is 0 Å². The van der Waals surface area contributed by atoms with E-state index in [0.717, 1.165) is 14.4 Å². The summed E-state index contributed by atoms with van der Waals surface area (Å²) < 4.78 is 6.36. The summed E-state index contributed by atoms with van der Waals surface area (Å²) in [6.07, 6.45) is 2.36. The van der Waals surface area contributed by atoms with Crippen LogP contribution in [0.15, 0.2) is 26.6 Å². The molecule has 74 valence electrons. The summed E-state index contributed by atoms with van der Waals surface area (Å²) in [6.45, 7) is 0.564. The average Bonchev–Trinajstić information content (AvgIpc) is 2.74. The van der Waals surface area contributed by atoms with E-state index in [9.17, 15) is 0 Å². The molecule has 0 aliphatic carbocycles. The van der Waals surface area contributed by atoms with Crippen LogP contribution in [-0.4, -0.2) is 11.5 Å². The van der Waals surface area contributed by atoms with Gasteiger partial charge in [0.15, 0.2) is 5.89 Å². The summed E-state index contributed by atoms with van der Waals surface area (Å²) in [4.78, 5) is 5.43. The van der Waals surface area contributed by atoms with Crippen molar-refractivity contribution < 1.29 is 4.42 Å². The van der Waals surface area contributed by atoms with Gasteiger partial charge in [0.25, 0.3) is 0 Å². The SMILES string of the molecule is NCCc1nc(-c2ccc(Br)s2)co1.